The lowest BCUT2D eigenvalue weighted by molar-refractivity contribution is -0.183. The van der Waals surface area contributed by atoms with Crippen molar-refractivity contribution < 1.29 is 28.5 Å². The maximum absolute atomic E-state index is 12.9. The van der Waals surface area contributed by atoms with Crippen LogP contribution in [0.3, 0.4) is 0 Å². The lowest BCUT2D eigenvalue weighted by Gasteiger charge is -2.41. The molecule has 2 aliphatic carbocycles. The Balaban J connectivity index is 1.38. The number of ether oxygens (including phenoxy) is 4. The van der Waals surface area contributed by atoms with Gasteiger partial charge in [-0.1, -0.05) is 26.0 Å². The van der Waals surface area contributed by atoms with E-state index in [0.29, 0.717) is 39.6 Å². The quantitative estimate of drug-likeness (QED) is 0.477. The van der Waals surface area contributed by atoms with Gasteiger partial charge in [0.25, 0.3) is 0 Å². The van der Waals surface area contributed by atoms with Crippen molar-refractivity contribution in [3.05, 3.63) is 12.2 Å². The summed E-state index contributed by atoms with van der Waals surface area (Å²) in [5.41, 5.74) is -0.0896. The van der Waals surface area contributed by atoms with Gasteiger partial charge in [0.05, 0.1) is 49.1 Å². The monoisotopic (exact) mass is 378 g/mol. The van der Waals surface area contributed by atoms with Gasteiger partial charge in [0.15, 0.2) is 0 Å². The van der Waals surface area contributed by atoms with Gasteiger partial charge in [0.2, 0.25) is 0 Å². The fraction of sp³-hybridized carbons (Fsp3) is 0.810. The fourth-order valence-electron chi connectivity index (χ4n) is 4.67. The normalized spacial score (nSPS) is 34.6. The molecule has 6 heteroatoms. The van der Waals surface area contributed by atoms with Gasteiger partial charge < -0.3 is 18.9 Å². The molecule has 2 aliphatic heterocycles. The van der Waals surface area contributed by atoms with E-state index in [0.717, 1.165) is 19.3 Å². The first-order valence-electron chi connectivity index (χ1n) is 10.2. The topological polar surface area (TPSA) is 71.1 Å². The molecule has 1 saturated carbocycles. The zero-order chi connectivity index (χ0) is 19.1. The minimum absolute atomic E-state index is 0.0448. The third-order valence-corrected chi connectivity index (χ3v) is 7.18. The van der Waals surface area contributed by atoms with E-state index in [-0.39, 0.29) is 34.6 Å². The predicted octanol–water partition coefficient (Wildman–Crippen LogP) is 2.36. The molecule has 4 aliphatic rings. The van der Waals surface area contributed by atoms with Crippen molar-refractivity contribution in [2.45, 2.75) is 33.1 Å². The molecule has 0 aromatic heterocycles. The van der Waals surface area contributed by atoms with E-state index in [1.807, 2.05) is 0 Å². The largest absolute Gasteiger partial charge is 0.465 e. The zero-order valence-corrected chi connectivity index (χ0v) is 16.3. The van der Waals surface area contributed by atoms with Gasteiger partial charge in [-0.15, -0.1) is 0 Å². The molecule has 0 aromatic carbocycles. The van der Waals surface area contributed by atoms with Gasteiger partial charge in [-0.3, -0.25) is 9.59 Å². The SMILES string of the molecule is CCC1(COC(=O)C2C3C=CC(C3)C2C(=O)OCC2(CC)COC2)COC1. The number of hydrogen-bond donors (Lipinski definition) is 0. The highest BCUT2D eigenvalue weighted by atomic mass is 16.6. The second-order valence-corrected chi connectivity index (χ2v) is 8.91. The Morgan fingerprint density at radius 1 is 0.852 bits per heavy atom. The lowest BCUT2D eigenvalue weighted by atomic mass is 9.81. The molecule has 0 radical (unpaired) electrons. The molecular weight excluding hydrogens is 348 g/mol. The van der Waals surface area contributed by atoms with E-state index < -0.39 is 11.8 Å². The highest BCUT2D eigenvalue weighted by Crippen LogP contribution is 2.49. The molecular formula is C21H30O6. The van der Waals surface area contributed by atoms with Gasteiger partial charge in [-0.05, 0) is 31.1 Å². The molecule has 3 fully saturated rings. The van der Waals surface area contributed by atoms with Gasteiger partial charge in [0.1, 0.15) is 13.2 Å². The molecule has 4 rings (SSSR count). The summed E-state index contributed by atoms with van der Waals surface area (Å²) < 4.78 is 21.9. The predicted molar refractivity (Wildman–Crippen MR) is 96.7 cm³/mol. The molecule has 6 nitrogen and oxygen atoms in total. The van der Waals surface area contributed by atoms with Crippen LogP contribution >= 0.6 is 0 Å². The Morgan fingerprint density at radius 3 is 1.56 bits per heavy atom. The standard InChI is InChI=1S/C21H30O6/c1-3-20(8-24-9-20)12-26-18(22)16-14-5-6-15(7-14)17(16)19(23)27-13-21(4-2)10-25-11-21/h5-6,14-17H,3-4,7-13H2,1-2H3. The van der Waals surface area contributed by atoms with Crippen LogP contribution in [0.15, 0.2) is 12.2 Å². The third-order valence-electron chi connectivity index (χ3n) is 7.18. The van der Waals surface area contributed by atoms with Crippen molar-refractivity contribution in [2.75, 3.05) is 39.6 Å². The van der Waals surface area contributed by atoms with Crippen LogP contribution < -0.4 is 0 Å². The average molecular weight is 378 g/mol. The number of allylic oxidation sites excluding steroid dienone is 2. The van der Waals surface area contributed by atoms with Crippen LogP contribution in [0, 0.1) is 34.5 Å². The van der Waals surface area contributed by atoms with Crippen molar-refractivity contribution in [1.29, 1.82) is 0 Å². The first-order chi connectivity index (χ1) is 13.0. The highest BCUT2D eigenvalue weighted by Gasteiger charge is 2.54. The molecule has 2 heterocycles. The van der Waals surface area contributed by atoms with Crippen molar-refractivity contribution in [1.82, 2.24) is 0 Å². The number of carbonyl (C=O) groups is 2. The van der Waals surface area contributed by atoms with E-state index >= 15 is 0 Å². The zero-order valence-electron chi connectivity index (χ0n) is 16.3. The number of esters is 2. The maximum atomic E-state index is 12.9. The molecule has 2 bridgehead atoms. The minimum atomic E-state index is -0.419. The second kappa shape index (κ2) is 7.21. The highest BCUT2D eigenvalue weighted by molar-refractivity contribution is 5.84. The summed E-state index contributed by atoms with van der Waals surface area (Å²) >= 11 is 0. The second-order valence-electron chi connectivity index (χ2n) is 8.91. The number of fused-ring (bicyclic) bond motifs is 2. The Kier molecular flexibility index (Phi) is 5.06. The minimum Gasteiger partial charge on any atom is -0.465 e. The van der Waals surface area contributed by atoms with Crippen LogP contribution in [-0.4, -0.2) is 51.6 Å². The molecule has 4 atom stereocenters. The summed E-state index contributed by atoms with van der Waals surface area (Å²) in [5.74, 6) is -1.18. The van der Waals surface area contributed by atoms with Gasteiger partial charge in [-0.2, -0.15) is 0 Å². The Morgan fingerprint density at radius 2 is 1.26 bits per heavy atom. The van der Waals surface area contributed by atoms with Crippen LogP contribution in [-0.2, 0) is 28.5 Å². The fourth-order valence-corrected chi connectivity index (χ4v) is 4.67. The molecule has 0 amide bonds. The molecule has 4 unspecified atom stereocenters. The van der Waals surface area contributed by atoms with E-state index in [2.05, 4.69) is 26.0 Å². The van der Waals surface area contributed by atoms with E-state index in [1.165, 1.54) is 0 Å². The summed E-state index contributed by atoms with van der Waals surface area (Å²) in [5, 5.41) is 0. The first-order valence-corrected chi connectivity index (χ1v) is 10.2. The van der Waals surface area contributed by atoms with E-state index in [4.69, 9.17) is 18.9 Å². The maximum Gasteiger partial charge on any atom is 0.310 e. The Bertz CT molecular complexity index is 555. The third kappa shape index (κ3) is 3.31. The van der Waals surface area contributed by atoms with Crippen molar-refractivity contribution in [3.8, 4) is 0 Å². The summed E-state index contributed by atoms with van der Waals surface area (Å²) in [4.78, 5) is 25.7. The molecule has 0 N–H and O–H groups in total. The number of rotatable bonds is 8. The van der Waals surface area contributed by atoms with Gasteiger partial charge in [-0.25, -0.2) is 0 Å². The molecule has 2 saturated heterocycles. The van der Waals surface area contributed by atoms with E-state index in [1.54, 1.807) is 0 Å². The molecule has 150 valence electrons. The summed E-state index contributed by atoms with van der Waals surface area (Å²) in [6.45, 7) is 7.48. The van der Waals surface area contributed by atoms with Crippen LogP contribution in [0.5, 0.6) is 0 Å². The summed E-state index contributed by atoms with van der Waals surface area (Å²) in [6.07, 6.45) is 6.81. The van der Waals surface area contributed by atoms with Gasteiger partial charge in [0, 0.05) is 0 Å². The lowest BCUT2D eigenvalue weighted by Crippen LogP contribution is -2.48. The van der Waals surface area contributed by atoms with Crippen LogP contribution in [0.25, 0.3) is 0 Å². The van der Waals surface area contributed by atoms with Crippen LogP contribution in [0.4, 0.5) is 0 Å². The smallest absolute Gasteiger partial charge is 0.310 e. The number of carbonyl (C=O) groups excluding carboxylic acids is 2. The summed E-state index contributed by atoms with van der Waals surface area (Å²) in [6, 6.07) is 0. The van der Waals surface area contributed by atoms with E-state index in [9.17, 15) is 9.59 Å². The van der Waals surface area contributed by atoms with Crippen LogP contribution in [0.2, 0.25) is 0 Å². The van der Waals surface area contributed by atoms with Crippen molar-refractivity contribution >= 4 is 11.9 Å². The average Bonchev–Trinajstić information content (AvgIpc) is 3.21. The van der Waals surface area contributed by atoms with Crippen molar-refractivity contribution in [3.63, 3.8) is 0 Å². The number of hydrogen-bond acceptors (Lipinski definition) is 6. The van der Waals surface area contributed by atoms with Crippen molar-refractivity contribution in [2.24, 2.45) is 34.5 Å². The summed E-state index contributed by atoms with van der Waals surface area (Å²) in [7, 11) is 0. The first kappa shape index (κ1) is 18.9. The Labute approximate surface area is 160 Å². The molecule has 0 spiro atoms. The van der Waals surface area contributed by atoms with Gasteiger partial charge >= 0.3 is 11.9 Å². The molecule has 27 heavy (non-hydrogen) atoms. The van der Waals surface area contributed by atoms with Crippen LogP contribution in [0.1, 0.15) is 33.1 Å². The molecule has 0 aromatic rings. The Hall–Kier alpha value is -1.40.